The molecule has 2 N–H and O–H groups in total. The topological polar surface area (TPSA) is 130 Å². The van der Waals surface area contributed by atoms with Crippen molar-refractivity contribution in [3.63, 3.8) is 0 Å². The second kappa shape index (κ2) is 8.92. The number of phosphoric ester groups is 2. The van der Waals surface area contributed by atoms with Crippen molar-refractivity contribution in [1.82, 2.24) is 0 Å². The maximum absolute atomic E-state index is 12.3. The van der Waals surface area contributed by atoms with Gasteiger partial charge in [0.25, 0.3) is 0 Å². The molecule has 0 bridgehead atoms. The van der Waals surface area contributed by atoms with Gasteiger partial charge in [-0.25, -0.2) is 9.13 Å². The van der Waals surface area contributed by atoms with Crippen LogP contribution in [0.5, 0.6) is 0 Å². The second-order valence-electron chi connectivity index (χ2n) is 8.05. The summed E-state index contributed by atoms with van der Waals surface area (Å²) >= 11 is 0. The molecule has 10 nitrogen and oxygen atoms in total. The van der Waals surface area contributed by atoms with Crippen molar-refractivity contribution in [2.45, 2.75) is 77.1 Å². The summed E-state index contributed by atoms with van der Waals surface area (Å²) in [6, 6.07) is -1.01. The molecule has 0 aromatic carbocycles. The lowest BCUT2D eigenvalue weighted by Crippen LogP contribution is -2.38. The van der Waals surface area contributed by atoms with E-state index in [2.05, 4.69) is 0 Å². The first-order valence-electron chi connectivity index (χ1n) is 8.29. The van der Waals surface area contributed by atoms with Gasteiger partial charge in [-0.3, -0.25) is 18.1 Å². The molecule has 6 atom stereocenters. The first kappa shape index (κ1) is 25.2. The molecule has 1 saturated heterocycles. The SMILES string of the molecule is [B][C@@H]1O[C@H](COP(=O)(O)OC(C)(C)C)[C@H](OP(=O)(O)OC(C)(C)C)C1OC. The zero-order valence-corrected chi connectivity index (χ0v) is 18.4. The predicted octanol–water partition coefficient (Wildman–Crippen LogP) is 2.13. The number of ether oxygens (including phenoxy) is 2. The Kier molecular flexibility index (Phi) is 8.34. The molecule has 0 spiro atoms. The minimum atomic E-state index is -4.51. The van der Waals surface area contributed by atoms with Crippen molar-refractivity contribution in [2.24, 2.45) is 0 Å². The van der Waals surface area contributed by atoms with Gasteiger partial charge in [0.05, 0.1) is 17.8 Å². The first-order valence-corrected chi connectivity index (χ1v) is 11.3. The molecular weight excluding hydrogens is 401 g/mol. The van der Waals surface area contributed by atoms with Crippen LogP contribution in [0.15, 0.2) is 0 Å². The number of phosphoric acid groups is 2. The molecule has 1 aliphatic heterocycles. The van der Waals surface area contributed by atoms with Gasteiger partial charge in [0.15, 0.2) is 0 Å². The van der Waals surface area contributed by atoms with Crippen LogP contribution >= 0.6 is 15.6 Å². The van der Waals surface area contributed by atoms with Crippen molar-refractivity contribution in [2.75, 3.05) is 13.7 Å². The number of hydrogen-bond acceptors (Lipinski definition) is 8. The van der Waals surface area contributed by atoms with E-state index in [9.17, 15) is 18.9 Å². The standard InChI is InChI=1S/C14H29BO10P2/c1-13(2,3)24-26(16,17)21-8-9-10(11(20-7)12(15)22-9)23-27(18,19)25-14(4,5)6/h9-12H,8H2,1-7H3,(H,16,17)(H,18,19)/t9-,10+,11?,12-/m1/s1. The lowest BCUT2D eigenvalue weighted by Gasteiger charge is -2.29. The average Bonchev–Trinajstić information content (AvgIpc) is 2.65. The van der Waals surface area contributed by atoms with Crippen LogP contribution in [0, 0.1) is 0 Å². The third kappa shape index (κ3) is 9.04. The number of methoxy groups -OCH3 is 1. The van der Waals surface area contributed by atoms with Gasteiger partial charge in [-0.15, -0.1) is 0 Å². The molecule has 1 heterocycles. The highest BCUT2D eigenvalue weighted by Crippen LogP contribution is 2.51. The van der Waals surface area contributed by atoms with Gasteiger partial charge in [-0.1, -0.05) is 0 Å². The van der Waals surface area contributed by atoms with Gasteiger partial charge >= 0.3 is 15.6 Å². The largest absolute Gasteiger partial charge is 0.473 e. The van der Waals surface area contributed by atoms with Crippen molar-refractivity contribution in [3.05, 3.63) is 0 Å². The third-order valence-corrected chi connectivity index (χ3v) is 5.60. The normalized spacial score (nSPS) is 31.4. The highest BCUT2D eigenvalue weighted by molar-refractivity contribution is 7.47. The quantitative estimate of drug-likeness (QED) is 0.436. The van der Waals surface area contributed by atoms with Crippen LogP contribution in [0.3, 0.4) is 0 Å². The Balaban J connectivity index is 2.88. The predicted molar refractivity (Wildman–Crippen MR) is 97.4 cm³/mol. The minimum Gasteiger partial charge on any atom is -0.377 e. The Morgan fingerprint density at radius 2 is 1.44 bits per heavy atom. The fourth-order valence-corrected chi connectivity index (χ4v) is 4.73. The molecule has 1 aliphatic rings. The molecule has 158 valence electrons. The maximum Gasteiger partial charge on any atom is 0.473 e. The first-order chi connectivity index (χ1) is 11.9. The summed E-state index contributed by atoms with van der Waals surface area (Å²) in [5, 5.41) is 0. The van der Waals surface area contributed by atoms with Crippen LogP contribution in [-0.4, -0.2) is 66.9 Å². The third-order valence-electron chi connectivity index (χ3n) is 3.05. The van der Waals surface area contributed by atoms with E-state index in [0.29, 0.717) is 0 Å². The molecule has 13 heteroatoms. The Morgan fingerprint density at radius 1 is 0.963 bits per heavy atom. The molecule has 0 aliphatic carbocycles. The Hall–Kier alpha value is 0.205. The van der Waals surface area contributed by atoms with Gasteiger partial charge in [0.1, 0.15) is 26.2 Å². The molecule has 27 heavy (non-hydrogen) atoms. The lowest BCUT2D eigenvalue weighted by molar-refractivity contribution is -0.0345. The summed E-state index contributed by atoms with van der Waals surface area (Å²) in [7, 11) is -1.80. The van der Waals surface area contributed by atoms with E-state index < -0.39 is 57.8 Å². The Bertz CT molecular complexity index is 587. The molecule has 2 radical (unpaired) electrons. The summed E-state index contributed by atoms with van der Waals surface area (Å²) in [4.78, 5) is 19.8. The highest BCUT2D eigenvalue weighted by Gasteiger charge is 2.48. The number of hydrogen-bond donors (Lipinski definition) is 2. The van der Waals surface area contributed by atoms with Crippen molar-refractivity contribution in [1.29, 1.82) is 0 Å². The van der Waals surface area contributed by atoms with Crippen LogP contribution in [0.4, 0.5) is 0 Å². The summed E-state index contributed by atoms with van der Waals surface area (Å²) in [5.41, 5.74) is -1.88. The van der Waals surface area contributed by atoms with E-state index in [1.807, 2.05) is 0 Å². The lowest BCUT2D eigenvalue weighted by atomic mass is 9.93. The zero-order valence-electron chi connectivity index (χ0n) is 16.6. The molecule has 0 amide bonds. The fourth-order valence-electron chi connectivity index (χ4n) is 2.35. The van der Waals surface area contributed by atoms with E-state index in [1.165, 1.54) is 7.11 Å². The molecule has 0 aromatic rings. The van der Waals surface area contributed by atoms with Crippen LogP contribution in [-0.2, 0) is 36.7 Å². The van der Waals surface area contributed by atoms with Crippen molar-refractivity contribution >= 4 is 23.5 Å². The van der Waals surface area contributed by atoms with Crippen LogP contribution in [0.2, 0.25) is 0 Å². The highest BCUT2D eigenvalue weighted by atomic mass is 31.2. The second-order valence-corrected chi connectivity index (χ2v) is 10.8. The molecule has 1 rings (SSSR count). The Morgan fingerprint density at radius 3 is 1.89 bits per heavy atom. The van der Waals surface area contributed by atoms with Gasteiger partial charge in [-0.05, 0) is 41.5 Å². The maximum atomic E-state index is 12.3. The van der Waals surface area contributed by atoms with E-state index in [-0.39, 0.29) is 0 Å². The molecular formula is C14H29BO10P2. The van der Waals surface area contributed by atoms with E-state index in [0.717, 1.165) is 0 Å². The fraction of sp³-hybridized carbons (Fsp3) is 1.00. The molecule has 0 aromatic heterocycles. The smallest absolute Gasteiger partial charge is 0.377 e. The van der Waals surface area contributed by atoms with Crippen LogP contribution in [0.1, 0.15) is 41.5 Å². The molecule has 1 fully saturated rings. The Labute approximate surface area is 161 Å². The van der Waals surface area contributed by atoms with E-state index in [1.54, 1.807) is 41.5 Å². The summed E-state index contributed by atoms with van der Waals surface area (Å²) in [6.07, 6.45) is -3.18. The van der Waals surface area contributed by atoms with Gasteiger partial charge < -0.3 is 19.3 Å². The minimum absolute atomic E-state index is 0.488. The summed E-state index contributed by atoms with van der Waals surface area (Å²) in [5.74, 6) is 0. The van der Waals surface area contributed by atoms with E-state index in [4.69, 9.17) is 35.4 Å². The van der Waals surface area contributed by atoms with Crippen LogP contribution < -0.4 is 0 Å². The van der Waals surface area contributed by atoms with E-state index >= 15 is 0 Å². The number of rotatable bonds is 8. The molecule has 3 unspecified atom stereocenters. The monoisotopic (exact) mass is 430 g/mol. The molecule has 0 saturated carbocycles. The average molecular weight is 430 g/mol. The van der Waals surface area contributed by atoms with Gasteiger partial charge in [-0.2, -0.15) is 0 Å². The van der Waals surface area contributed by atoms with Crippen molar-refractivity contribution in [3.8, 4) is 0 Å². The zero-order chi connectivity index (χ0) is 21.3. The van der Waals surface area contributed by atoms with Crippen molar-refractivity contribution < 1.29 is 46.5 Å². The summed E-state index contributed by atoms with van der Waals surface area (Å²) < 4.78 is 55.0. The van der Waals surface area contributed by atoms with Crippen LogP contribution in [0.25, 0.3) is 0 Å². The summed E-state index contributed by atoms with van der Waals surface area (Å²) in [6.45, 7) is 9.00. The van der Waals surface area contributed by atoms with Gasteiger partial charge in [0, 0.05) is 13.1 Å². The van der Waals surface area contributed by atoms with Gasteiger partial charge in [0.2, 0.25) is 0 Å².